The number of methoxy groups -OCH3 is 2. The quantitative estimate of drug-likeness (QED) is 0.617. The van der Waals surface area contributed by atoms with Gasteiger partial charge >= 0.3 is 6.03 Å². The number of anilines is 1. The summed E-state index contributed by atoms with van der Waals surface area (Å²) in [4.78, 5) is 25.7. The van der Waals surface area contributed by atoms with Crippen molar-refractivity contribution in [1.82, 2.24) is 20.2 Å². The van der Waals surface area contributed by atoms with Gasteiger partial charge in [-0.15, -0.1) is 0 Å². The van der Waals surface area contributed by atoms with Crippen LogP contribution in [0, 0.1) is 0 Å². The van der Waals surface area contributed by atoms with Crippen LogP contribution in [-0.4, -0.2) is 61.3 Å². The molecule has 0 aliphatic carbocycles. The molecule has 2 amide bonds. The van der Waals surface area contributed by atoms with E-state index in [1.165, 1.54) is 5.56 Å². The zero-order chi connectivity index (χ0) is 24.3. The molecule has 1 aliphatic rings. The molecule has 1 saturated heterocycles. The Hall–Kier alpha value is -3.55. The van der Waals surface area contributed by atoms with E-state index >= 15 is 0 Å². The van der Waals surface area contributed by atoms with Crippen molar-refractivity contribution in [2.45, 2.75) is 32.7 Å². The topological polar surface area (TPSA) is 79.8 Å². The van der Waals surface area contributed by atoms with Crippen LogP contribution in [0.5, 0.6) is 11.5 Å². The summed E-state index contributed by atoms with van der Waals surface area (Å²) in [7, 11) is 3.22. The van der Waals surface area contributed by atoms with E-state index in [-0.39, 0.29) is 11.4 Å². The van der Waals surface area contributed by atoms with Gasteiger partial charge in [-0.05, 0) is 22.6 Å². The predicted octanol–water partition coefficient (Wildman–Crippen LogP) is 3.98. The van der Waals surface area contributed by atoms with Crippen molar-refractivity contribution in [3.8, 4) is 11.5 Å². The van der Waals surface area contributed by atoms with Gasteiger partial charge in [0.25, 0.3) is 0 Å². The molecule has 0 radical (unpaired) electrons. The molecule has 4 rings (SSSR count). The number of nitrogens with one attached hydrogen (secondary N) is 1. The molecule has 3 aromatic rings. The number of ether oxygens (including phenoxy) is 2. The van der Waals surface area contributed by atoms with Gasteiger partial charge in [0.05, 0.1) is 19.7 Å². The molecule has 2 aromatic carbocycles. The van der Waals surface area contributed by atoms with Crippen LogP contribution in [0.3, 0.4) is 0 Å². The van der Waals surface area contributed by atoms with E-state index in [0.29, 0.717) is 44.2 Å². The number of nitrogens with zero attached hydrogens (tertiary/aromatic N) is 4. The fourth-order valence-corrected chi connectivity index (χ4v) is 4.15. The van der Waals surface area contributed by atoms with Gasteiger partial charge in [0, 0.05) is 44.2 Å². The highest BCUT2D eigenvalue weighted by molar-refractivity contribution is 5.92. The third-order valence-corrected chi connectivity index (χ3v) is 6.25. The summed E-state index contributed by atoms with van der Waals surface area (Å²) in [6.45, 7) is 9.72. The average Bonchev–Trinajstić information content (AvgIpc) is 2.85. The Morgan fingerprint density at radius 2 is 1.62 bits per heavy atom. The van der Waals surface area contributed by atoms with E-state index in [4.69, 9.17) is 9.47 Å². The van der Waals surface area contributed by atoms with Gasteiger partial charge in [-0.2, -0.15) is 0 Å². The maximum atomic E-state index is 12.7. The number of amides is 2. The minimum Gasteiger partial charge on any atom is -0.493 e. The molecule has 0 bridgehead atoms. The monoisotopic (exact) mass is 463 g/mol. The molecule has 8 heteroatoms. The summed E-state index contributed by atoms with van der Waals surface area (Å²) in [5.74, 6) is 2.11. The summed E-state index contributed by atoms with van der Waals surface area (Å²) >= 11 is 0. The highest BCUT2D eigenvalue weighted by Gasteiger charge is 2.24. The number of aromatic nitrogens is 2. The lowest BCUT2D eigenvalue weighted by molar-refractivity contribution is 0.194. The van der Waals surface area contributed by atoms with Crippen LogP contribution in [0.1, 0.15) is 31.9 Å². The molecule has 1 aliphatic heterocycles. The Morgan fingerprint density at radius 3 is 2.24 bits per heavy atom. The van der Waals surface area contributed by atoms with Crippen molar-refractivity contribution in [3.05, 3.63) is 53.9 Å². The molecule has 180 valence electrons. The van der Waals surface area contributed by atoms with Gasteiger partial charge < -0.3 is 24.6 Å². The zero-order valence-corrected chi connectivity index (χ0v) is 20.6. The Bertz CT molecular complexity index is 1150. The van der Waals surface area contributed by atoms with Crippen LogP contribution in [0.2, 0.25) is 0 Å². The van der Waals surface area contributed by atoms with Gasteiger partial charge in [0.15, 0.2) is 11.5 Å². The summed E-state index contributed by atoms with van der Waals surface area (Å²) in [5.41, 5.74) is 3.29. The average molecular weight is 464 g/mol. The molecular formula is C26H33N5O3. The number of hydrogen-bond donors (Lipinski definition) is 1. The van der Waals surface area contributed by atoms with Crippen LogP contribution in [0.15, 0.2) is 42.7 Å². The van der Waals surface area contributed by atoms with E-state index in [2.05, 4.69) is 65.2 Å². The van der Waals surface area contributed by atoms with Crippen LogP contribution in [-0.2, 0) is 12.0 Å². The first-order valence-corrected chi connectivity index (χ1v) is 11.5. The third kappa shape index (κ3) is 5.00. The molecule has 0 saturated carbocycles. The van der Waals surface area contributed by atoms with Gasteiger partial charge in [0.1, 0.15) is 12.1 Å². The van der Waals surface area contributed by atoms with Crippen molar-refractivity contribution in [2.75, 3.05) is 45.3 Å². The van der Waals surface area contributed by atoms with E-state index in [0.717, 1.165) is 22.3 Å². The molecule has 34 heavy (non-hydrogen) atoms. The van der Waals surface area contributed by atoms with Crippen molar-refractivity contribution < 1.29 is 14.3 Å². The molecular weight excluding hydrogens is 430 g/mol. The molecule has 0 spiro atoms. The predicted molar refractivity (Wildman–Crippen MR) is 134 cm³/mol. The second-order valence-electron chi connectivity index (χ2n) is 9.50. The highest BCUT2D eigenvalue weighted by Crippen LogP contribution is 2.35. The minimum atomic E-state index is -0.0431. The number of fused-ring (bicyclic) bond motifs is 1. The number of rotatable bonds is 5. The smallest absolute Gasteiger partial charge is 0.317 e. The fourth-order valence-electron chi connectivity index (χ4n) is 4.15. The molecule has 2 heterocycles. The van der Waals surface area contributed by atoms with Crippen molar-refractivity contribution in [1.29, 1.82) is 0 Å². The van der Waals surface area contributed by atoms with Crippen molar-refractivity contribution >= 4 is 22.8 Å². The first-order chi connectivity index (χ1) is 16.3. The number of urea groups is 1. The molecule has 1 N–H and O–H groups in total. The maximum Gasteiger partial charge on any atom is 0.317 e. The fraction of sp³-hybridized carbons (Fsp3) is 0.423. The Labute approximate surface area is 200 Å². The lowest BCUT2D eigenvalue weighted by Crippen LogP contribution is -2.52. The largest absolute Gasteiger partial charge is 0.493 e. The van der Waals surface area contributed by atoms with Gasteiger partial charge in [-0.25, -0.2) is 14.8 Å². The van der Waals surface area contributed by atoms with Crippen LogP contribution >= 0.6 is 0 Å². The number of benzene rings is 2. The van der Waals surface area contributed by atoms with Crippen LogP contribution in [0.4, 0.5) is 10.6 Å². The normalized spacial score (nSPS) is 14.3. The van der Waals surface area contributed by atoms with E-state index < -0.39 is 0 Å². The second-order valence-corrected chi connectivity index (χ2v) is 9.50. The zero-order valence-electron chi connectivity index (χ0n) is 20.6. The summed E-state index contributed by atoms with van der Waals surface area (Å²) in [6.07, 6.45) is 1.56. The molecule has 8 nitrogen and oxygen atoms in total. The molecule has 0 unspecified atom stereocenters. The van der Waals surface area contributed by atoms with Crippen molar-refractivity contribution in [2.24, 2.45) is 0 Å². The number of hydrogen-bond acceptors (Lipinski definition) is 6. The standard InChI is InChI=1S/C26H33N5O3/c1-26(2,3)19-8-6-18(7-9-19)16-27-25(32)31-12-10-30(11-13-31)24-20-14-22(33-4)23(34-5)15-21(20)28-17-29-24/h6-9,14-15,17H,10-13,16H2,1-5H3,(H,27,32). The Morgan fingerprint density at radius 1 is 0.971 bits per heavy atom. The summed E-state index contributed by atoms with van der Waals surface area (Å²) < 4.78 is 10.9. The first-order valence-electron chi connectivity index (χ1n) is 11.5. The SMILES string of the molecule is COc1cc2ncnc(N3CCN(C(=O)NCc4ccc(C(C)(C)C)cc4)CC3)c2cc1OC. The maximum absolute atomic E-state index is 12.7. The minimum absolute atomic E-state index is 0.0431. The van der Waals surface area contributed by atoms with Gasteiger partial charge in [0.2, 0.25) is 0 Å². The van der Waals surface area contributed by atoms with E-state index in [1.807, 2.05) is 17.0 Å². The number of carbonyl (C=O) groups excluding carboxylic acids is 1. The van der Waals surface area contributed by atoms with Crippen molar-refractivity contribution in [3.63, 3.8) is 0 Å². The highest BCUT2D eigenvalue weighted by atomic mass is 16.5. The number of piperazine rings is 1. The lowest BCUT2D eigenvalue weighted by atomic mass is 9.87. The van der Waals surface area contributed by atoms with Gasteiger partial charge in [-0.1, -0.05) is 45.0 Å². The second kappa shape index (κ2) is 9.75. The first kappa shape index (κ1) is 23.6. The van der Waals surface area contributed by atoms with Gasteiger partial charge in [-0.3, -0.25) is 0 Å². The number of carbonyl (C=O) groups is 1. The summed E-state index contributed by atoms with van der Waals surface area (Å²) in [5, 5.41) is 3.95. The lowest BCUT2D eigenvalue weighted by Gasteiger charge is -2.35. The van der Waals surface area contributed by atoms with Crippen LogP contribution in [0.25, 0.3) is 10.9 Å². The third-order valence-electron chi connectivity index (χ3n) is 6.25. The Balaban J connectivity index is 1.37. The summed E-state index contributed by atoms with van der Waals surface area (Å²) in [6, 6.07) is 12.2. The molecule has 1 fully saturated rings. The van der Waals surface area contributed by atoms with Crippen LogP contribution < -0.4 is 19.7 Å². The molecule has 0 atom stereocenters. The van der Waals surface area contributed by atoms with E-state index in [1.54, 1.807) is 20.5 Å². The Kier molecular flexibility index (Phi) is 6.77. The van der Waals surface area contributed by atoms with E-state index in [9.17, 15) is 4.79 Å². The molecule has 1 aromatic heterocycles.